The van der Waals surface area contributed by atoms with E-state index in [-0.39, 0.29) is 30.8 Å². The Balaban J connectivity index is 1.52. The number of nitrogens with zero attached hydrogens (tertiary/aromatic N) is 1. The van der Waals surface area contributed by atoms with Crippen LogP contribution in [0.5, 0.6) is 5.75 Å². The highest BCUT2D eigenvalue weighted by molar-refractivity contribution is 5.96. The topological polar surface area (TPSA) is 130 Å². The molecule has 10 nitrogen and oxygen atoms in total. The highest BCUT2D eigenvalue weighted by atomic mass is 16.6. The van der Waals surface area contributed by atoms with E-state index in [4.69, 9.17) is 14.2 Å². The summed E-state index contributed by atoms with van der Waals surface area (Å²) >= 11 is 0. The monoisotopic (exact) mass is 539 g/mol. The Morgan fingerprint density at radius 1 is 0.974 bits per heavy atom. The van der Waals surface area contributed by atoms with Crippen molar-refractivity contribution in [1.82, 2.24) is 15.5 Å². The second-order valence-electron chi connectivity index (χ2n) is 9.91. The van der Waals surface area contributed by atoms with Crippen molar-refractivity contribution in [3.05, 3.63) is 65.7 Å². The van der Waals surface area contributed by atoms with Gasteiger partial charge in [-0.1, -0.05) is 42.5 Å². The van der Waals surface area contributed by atoms with Crippen LogP contribution in [-0.4, -0.2) is 98.0 Å². The van der Waals surface area contributed by atoms with Gasteiger partial charge in [-0.05, 0) is 36.6 Å². The average molecular weight is 540 g/mol. The summed E-state index contributed by atoms with van der Waals surface area (Å²) in [5.74, 6) is -0.311. The fraction of sp³-hybridized carbons (Fsp3) is 0.483. The van der Waals surface area contributed by atoms with E-state index in [2.05, 4.69) is 10.6 Å². The number of ether oxygens (including phenoxy) is 3. The number of amides is 2. The minimum absolute atomic E-state index is 0.139. The van der Waals surface area contributed by atoms with E-state index in [0.29, 0.717) is 38.5 Å². The minimum Gasteiger partial charge on any atom is -0.497 e. The molecule has 0 radical (unpaired) electrons. The number of methoxy groups -OCH3 is 1. The van der Waals surface area contributed by atoms with Crippen LogP contribution in [-0.2, 0) is 36.7 Å². The number of carbonyl (C=O) groups excluding carboxylic acids is 3. The first-order chi connectivity index (χ1) is 18.9. The van der Waals surface area contributed by atoms with E-state index in [0.717, 1.165) is 11.1 Å². The Morgan fingerprint density at radius 3 is 2.26 bits per heavy atom. The lowest BCUT2D eigenvalue weighted by molar-refractivity contribution is -0.135. The zero-order valence-electron chi connectivity index (χ0n) is 22.4. The SMILES string of the molecule is COc1ccc(C[C@H](NC(=O)[C@H](C)N2CCOC[C@H]2CO)C(=O)N[C@@H](Cc2ccccc2)C(=O)[C@H]2CO2)cc1. The zero-order chi connectivity index (χ0) is 27.8. The van der Waals surface area contributed by atoms with Gasteiger partial charge in [0.2, 0.25) is 11.8 Å². The summed E-state index contributed by atoms with van der Waals surface area (Å²) < 4.78 is 15.9. The molecule has 0 saturated carbocycles. The first-order valence-electron chi connectivity index (χ1n) is 13.3. The number of ketones is 1. The van der Waals surface area contributed by atoms with Crippen molar-refractivity contribution in [2.75, 3.05) is 40.1 Å². The first-order valence-corrected chi connectivity index (χ1v) is 13.3. The molecule has 210 valence electrons. The largest absolute Gasteiger partial charge is 0.497 e. The quantitative estimate of drug-likeness (QED) is 0.314. The van der Waals surface area contributed by atoms with E-state index in [9.17, 15) is 19.5 Å². The average Bonchev–Trinajstić information content (AvgIpc) is 3.82. The van der Waals surface area contributed by atoms with Gasteiger partial charge in [0.1, 0.15) is 17.9 Å². The molecule has 2 fully saturated rings. The third-order valence-electron chi connectivity index (χ3n) is 7.19. The molecule has 3 N–H and O–H groups in total. The fourth-order valence-electron chi connectivity index (χ4n) is 4.77. The summed E-state index contributed by atoms with van der Waals surface area (Å²) in [4.78, 5) is 41.9. The van der Waals surface area contributed by atoms with Crippen LogP contribution < -0.4 is 15.4 Å². The van der Waals surface area contributed by atoms with Gasteiger partial charge in [-0.15, -0.1) is 0 Å². The van der Waals surface area contributed by atoms with E-state index >= 15 is 0 Å². The second kappa shape index (κ2) is 13.7. The molecule has 10 heteroatoms. The van der Waals surface area contributed by atoms with E-state index in [1.54, 1.807) is 26.2 Å². The van der Waals surface area contributed by atoms with Crippen molar-refractivity contribution >= 4 is 17.6 Å². The van der Waals surface area contributed by atoms with Crippen molar-refractivity contribution in [1.29, 1.82) is 0 Å². The molecule has 39 heavy (non-hydrogen) atoms. The number of benzene rings is 2. The molecule has 0 aliphatic carbocycles. The summed E-state index contributed by atoms with van der Waals surface area (Å²) in [6.45, 7) is 3.23. The van der Waals surface area contributed by atoms with E-state index in [1.165, 1.54) is 0 Å². The van der Waals surface area contributed by atoms with Crippen LogP contribution in [0.25, 0.3) is 0 Å². The minimum atomic E-state index is -0.937. The van der Waals surface area contributed by atoms with Crippen LogP contribution in [0, 0.1) is 0 Å². The number of hydrogen-bond acceptors (Lipinski definition) is 8. The first kappa shape index (κ1) is 28.7. The number of aliphatic hydroxyl groups is 1. The summed E-state index contributed by atoms with van der Waals surface area (Å²) in [6.07, 6.45) is 0.00881. The van der Waals surface area contributed by atoms with Crippen LogP contribution in [0.4, 0.5) is 0 Å². The Bertz CT molecular complexity index is 1110. The number of rotatable bonds is 13. The maximum atomic E-state index is 13.7. The van der Waals surface area contributed by atoms with Gasteiger partial charge >= 0.3 is 0 Å². The van der Waals surface area contributed by atoms with Crippen LogP contribution in [0.3, 0.4) is 0 Å². The Labute approximate surface area is 228 Å². The molecule has 0 unspecified atom stereocenters. The van der Waals surface area contributed by atoms with Gasteiger partial charge in [0, 0.05) is 13.0 Å². The van der Waals surface area contributed by atoms with Crippen molar-refractivity contribution in [2.45, 2.75) is 50.0 Å². The van der Waals surface area contributed by atoms with Gasteiger partial charge in [0.05, 0.1) is 51.7 Å². The van der Waals surface area contributed by atoms with Crippen LogP contribution in [0.2, 0.25) is 0 Å². The molecule has 0 spiro atoms. The molecule has 5 atom stereocenters. The molecule has 2 aliphatic rings. The summed E-state index contributed by atoms with van der Waals surface area (Å²) in [5, 5.41) is 15.5. The smallest absolute Gasteiger partial charge is 0.243 e. The van der Waals surface area contributed by atoms with Gasteiger partial charge in [-0.2, -0.15) is 0 Å². The van der Waals surface area contributed by atoms with Gasteiger partial charge in [0.25, 0.3) is 0 Å². The molecule has 0 aromatic heterocycles. The van der Waals surface area contributed by atoms with E-state index in [1.807, 2.05) is 47.4 Å². The van der Waals surface area contributed by atoms with Crippen LogP contribution >= 0.6 is 0 Å². The number of hydrogen-bond donors (Lipinski definition) is 3. The number of nitrogens with one attached hydrogen (secondary N) is 2. The number of carbonyl (C=O) groups is 3. The van der Waals surface area contributed by atoms with Gasteiger partial charge in [-0.25, -0.2) is 0 Å². The molecule has 2 saturated heterocycles. The summed E-state index contributed by atoms with van der Waals surface area (Å²) in [7, 11) is 1.58. The molecule has 4 rings (SSSR count). The lowest BCUT2D eigenvalue weighted by atomic mass is 9.99. The number of epoxide rings is 1. The highest BCUT2D eigenvalue weighted by Crippen LogP contribution is 2.17. The lowest BCUT2D eigenvalue weighted by Crippen LogP contribution is -2.59. The molecule has 0 bridgehead atoms. The van der Waals surface area contributed by atoms with Crippen molar-refractivity contribution < 1.29 is 33.7 Å². The maximum Gasteiger partial charge on any atom is 0.243 e. The normalized spacial score (nSPS) is 21.3. The molecule has 2 aromatic rings. The maximum absolute atomic E-state index is 13.7. The van der Waals surface area contributed by atoms with Crippen LogP contribution in [0.15, 0.2) is 54.6 Å². The Hall–Kier alpha value is -3.31. The molecule has 2 aliphatic heterocycles. The zero-order valence-corrected chi connectivity index (χ0v) is 22.4. The fourth-order valence-corrected chi connectivity index (χ4v) is 4.77. The van der Waals surface area contributed by atoms with Crippen LogP contribution in [0.1, 0.15) is 18.1 Å². The van der Waals surface area contributed by atoms with Gasteiger partial charge < -0.3 is 30.0 Å². The third-order valence-corrected chi connectivity index (χ3v) is 7.19. The van der Waals surface area contributed by atoms with Crippen molar-refractivity contribution in [2.24, 2.45) is 0 Å². The molecule has 2 amide bonds. The highest BCUT2D eigenvalue weighted by Gasteiger charge is 2.38. The molecular weight excluding hydrogens is 502 g/mol. The summed E-state index contributed by atoms with van der Waals surface area (Å²) in [5.41, 5.74) is 1.73. The Morgan fingerprint density at radius 2 is 1.62 bits per heavy atom. The van der Waals surface area contributed by atoms with Gasteiger partial charge in [-0.3, -0.25) is 19.3 Å². The molecule has 2 heterocycles. The Kier molecular flexibility index (Phi) is 10.0. The molecular formula is C29H37N3O7. The predicted molar refractivity (Wildman–Crippen MR) is 143 cm³/mol. The second-order valence-corrected chi connectivity index (χ2v) is 9.91. The third kappa shape index (κ3) is 7.86. The standard InChI is InChI=1S/C29H37N3O7/c1-19(32-12-13-38-17-22(32)16-33)28(35)31-25(15-21-8-10-23(37-2)11-9-21)29(36)30-24(27(34)26-18-39-26)14-20-6-4-3-5-7-20/h3-11,19,22,24-26,33H,12-18H2,1-2H3,(H,30,36)(H,31,35)/t19-,22+,24-,25-,26+/m0/s1. The number of Topliss-reactive ketones (excluding diaryl/α,β-unsaturated/α-hetero) is 1. The van der Waals surface area contributed by atoms with Crippen molar-refractivity contribution in [3.63, 3.8) is 0 Å². The predicted octanol–water partition coefficient (Wildman–Crippen LogP) is 0.500. The van der Waals surface area contributed by atoms with Crippen molar-refractivity contribution in [3.8, 4) is 5.75 Å². The van der Waals surface area contributed by atoms with E-state index < -0.39 is 30.1 Å². The number of morpholine rings is 1. The van der Waals surface area contributed by atoms with Gasteiger partial charge in [0.15, 0.2) is 5.78 Å². The lowest BCUT2D eigenvalue weighted by Gasteiger charge is -2.38. The molecule has 2 aromatic carbocycles. The summed E-state index contributed by atoms with van der Waals surface area (Å²) in [6, 6.07) is 14.1. The number of aliphatic hydroxyl groups excluding tert-OH is 1.